The summed E-state index contributed by atoms with van der Waals surface area (Å²) in [5, 5.41) is 3.36. The number of hydrogen-bond donors (Lipinski definition) is 1. The number of nitrogens with one attached hydrogen (secondary N) is 1. The highest BCUT2D eigenvalue weighted by Gasteiger charge is 2.05. The van der Waals surface area contributed by atoms with Crippen LogP contribution < -0.4 is 5.32 Å². The fraction of sp³-hybridized carbons (Fsp3) is 0.462. The van der Waals surface area contributed by atoms with Crippen LogP contribution in [0.1, 0.15) is 44.7 Å². The molecule has 0 aliphatic heterocycles. The Balaban J connectivity index is 2.42. The van der Waals surface area contributed by atoms with Gasteiger partial charge in [-0.15, -0.1) is 0 Å². The Morgan fingerprint density at radius 1 is 1.33 bits per heavy atom. The van der Waals surface area contributed by atoms with Crippen LogP contribution in [0.3, 0.4) is 0 Å². The Labute approximate surface area is 97.9 Å². The monoisotopic (exact) mass is 221 g/mol. The highest BCUT2D eigenvalue weighted by atomic mass is 32.1. The first kappa shape index (κ1) is 12.2. The summed E-state index contributed by atoms with van der Waals surface area (Å²) in [5.74, 6) is 0. The predicted molar refractivity (Wildman–Crippen MR) is 70.1 cm³/mol. The van der Waals surface area contributed by atoms with Crippen LogP contribution in [0.2, 0.25) is 0 Å². The van der Waals surface area contributed by atoms with Crippen molar-refractivity contribution < 1.29 is 0 Å². The minimum atomic E-state index is 0.315. The molecule has 0 aromatic heterocycles. The van der Waals surface area contributed by atoms with Gasteiger partial charge in [-0.2, -0.15) is 0 Å². The molecule has 0 amide bonds. The van der Waals surface area contributed by atoms with Crippen LogP contribution in [0.25, 0.3) is 0 Å². The molecule has 1 N–H and O–H groups in total. The summed E-state index contributed by atoms with van der Waals surface area (Å²) in [6.45, 7) is 4.33. The number of hydrogen-bond acceptors (Lipinski definition) is 1. The lowest BCUT2D eigenvalue weighted by atomic mass is 10.1. The van der Waals surface area contributed by atoms with Crippen molar-refractivity contribution in [1.82, 2.24) is 5.32 Å². The van der Waals surface area contributed by atoms with Gasteiger partial charge in [0.15, 0.2) is 0 Å². The minimum absolute atomic E-state index is 0.315. The molecule has 0 radical (unpaired) electrons. The lowest BCUT2D eigenvalue weighted by Crippen LogP contribution is -2.24. The van der Waals surface area contributed by atoms with E-state index in [-0.39, 0.29) is 0 Å². The first-order valence-corrected chi connectivity index (χ1v) is 5.99. The van der Waals surface area contributed by atoms with Gasteiger partial charge in [-0.05, 0) is 25.3 Å². The minimum Gasteiger partial charge on any atom is -0.373 e. The zero-order chi connectivity index (χ0) is 11.1. The summed E-state index contributed by atoms with van der Waals surface area (Å²) in [6, 6.07) is 10.7. The molecular formula is C13H19NS. The standard InChI is InChI=1S/C13H19NS/c1-3-4-10-13(15)14-11(2)12-8-6-5-7-9-12/h5-9,11H,3-4,10H2,1-2H3,(H,14,15). The van der Waals surface area contributed by atoms with Crippen molar-refractivity contribution in [1.29, 1.82) is 0 Å². The molecule has 0 saturated heterocycles. The molecule has 0 aliphatic carbocycles. The van der Waals surface area contributed by atoms with Crippen molar-refractivity contribution in [2.75, 3.05) is 0 Å². The summed E-state index contributed by atoms with van der Waals surface area (Å²) in [7, 11) is 0. The topological polar surface area (TPSA) is 12.0 Å². The predicted octanol–water partition coefficient (Wildman–Crippen LogP) is 3.85. The van der Waals surface area contributed by atoms with Gasteiger partial charge in [0.1, 0.15) is 0 Å². The number of thiocarbonyl (C=S) groups is 1. The maximum absolute atomic E-state index is 5.28. The molecular weight excluding hydrogens is 202 g/mol. The maximum Gasteiger partial charge on any atom is 0.0758 e. The van der Waals surface area contributed by atoms with E-state index in [4.69, 9.17) is 12.2 Å². The largest absolute Gasteiger partial charge is 0.373 e. The number of rotatable bonds is 5. The normalized spacial score (nSPS) is 12.1. The lowest BCUT2D eigenvalue weighted by Gasteiger charge is -2.16. The highest BCUT2D eigenvalue weighted by Crippen LogP contribution is 2.11. The van der Waals surface area contributed by atoms with Gasteiger partial charge < -0.3 is 5.32 Å². The molecule has 2 heteroatoms. The second-order valence-corrected chi connectivity index (χ2v) is 4.30. The molecule has 1 atom stereocenters. The van der Waals surface area contributed by atoms with E-state index in [0.717, 1.165) is 11.4 Å². The second-order valence-electron chi connectivity index (χ2n) is 3.80. The van der Waals surface area contributed by atoms with E-state index in [1.165, 1.54) is 18.4 Å². The molecule has 1 rings (SSSR count). The van der Waals surface area contributed by atoms with Crippen LogP contribution >= 0.6 is 12.2 Å². The fourth-order valence-electron chi connectivity index (χ4n) is 1.48. The Morgan fingerprint density at radius 2 is 2.00 bits per heavy atom. The molecule has 82 valence electrons. The van der Waals surface area contributed by atoms with Gasteiger partial charge in [0.2, 0.25) is 0 Å². The molecule has 0 saturated carbocycles. The van der Waals surface area contributed by atoms with Crippen molar-refractivity contribution in [2.24, 2.45) is 0 Å². The van der Waals surface area contributed by atoms with E-state index in [0.29, 0.717) is 6.04 Å². The summed E-state index contributed by atoms with van der Waals surface area (Å²) in [6.07, 6.45) is 3.37. The first-order valence-electron chi connectivity index (χ1n) is 5.58. The number of benzene rings is 1. The van der Waals surface area contributed by atoms with Crippen molar-refractivity contribution in [2.45, 2.75) is 39.2 Å². The smallest absolute Gasteiger partial charge is 0.0758 e. The summed E-state index contributed by atoms with van der Waals surface area (Å²) < 4.78 is 0. The molecule has 1 unspecified atom stereocenters. The average molecular weight is 221 g/mol. The molecule has 0 aliphatic rings. The van der Waals surface area contributed by atoms with Crippen LogP contribution in [-0.2, 0) is 0 Å². The van der Waals surface area contributed by atoms with Gasteiger partial charge in [0.25, 0.3) is 0 Å². The molecule has 15 heavy (non-hydrogen) atoms. The number of unbranched alkanes of at least 4 members (excludes halogenated alkanes) is 1. The Bertz CT molecular complexity index is 295. The third kappa shape index (κ3) is 4.43. The van der Waals surface area contributed by atoms with Gasteiger partial charge in [0.05, 0.1) is 4.99 Å². The van der Waals surface area contributed by atoms with Crippen molar-refractivity contribution in [3.8, 4) is 0 Å². The van der Waals surface area contributed by atoms with Crippen LogP contribution in [0, 0.1) is 0 Å². The fourth-order valence-corrected chi connectivity index (χ4v) is 1.80. The van der Waals surface area contributed by atoms with Crippen molar-refractivity contribution in [3.05, 3.63) is 35.9 Å². The quantitative estimate of drug-likeness (QED) is 0.758. The summed E-state index contributed by atoms with van der Waals surface area (Å²) >= 11 is 5.28. The summed E-state index contributed by atoms with van der Waals surface area (Å²) in [5.41, 5.74) is 1.29. The molecule has 1 aromatic carbocycles. The van der Waals surface area contributed by atoms with Gasteiger partial charge >= 0.3 is 0 Å². The Hall–Kier alpha value is -0.890. The SMILES string of the molecule is CCCCC(=S)NC(C)c1ccccc1. The van der Waals surface area contributed by atoms with Crippen LogP contribution in [0.4, 0.5) is 0 Å². The Morgan fingerprint density at radius 3 is 2.60 bits per heavy atom. The van der Waals surface area contributed by atoms with E-state index in [9.17, 15) is 0 Å². The molecule has 0 bridgehead atoms. The Kier molecular flexibility index (Phi) is 5.33. The third-order valence-corrected chi connectivity index (χ3v) is 2.76. The van der Waals surface area contributed by atoms with E-state index < -0.39 is 0 Å². The van der Waals surface area contributed by atoms with Gasteiger partial charge in [0, 0.05) is 6.04 Å². The highest BCUT2D eigenvalue weighted by molar-refractivity contribution is 7.80. The molecule has 0 heterocycles. The lowest BCUT2D eigenvalue weighted by molar-refractivity contribution is 0.702. The molecule has 1 nitrogen and oxygen atoms in total. The maximum atomic E-state index is 5.28. The van der Waals surface area contributed by atoms with E-state index in [1.54, 1.807) is 0 Å². The average Bonchev–Trinajstić information content (AvgIpc) is 2.27. The van der Waals surface area contributed by atoms with Crippen LogP contribution in [0.5, 0.6) is 0 Å². The van der Waals surface area contributed by atoms with E-state index in [1.807, 2.05) is 6.07 Å². The van der Waals surface area contributed by atoms with Crippen molar-refractivity contribution in [3.63, 3.8) is 0 Å². The third-order valence-electron chi connectivity index (χ3n) is 2.43. The van der Waals surface area contributed by atoms with E-state index >= 15 is 0 Å². The summed E-state index contributed by atoms with van der Waals surface area (Å²) in [4.78, 5) is 0.980. The van der Waals surface area contributed by atoms with Gasteiger partial charge in [-0.3, -0.25) is 0 Å². The zero-order valence-corrected chi connectivity index (χ0v) is 10.3. The molecule has 1 aromatic rings. The molecule has 0 fully saturated rings. The zero-order valence-electron chi connectivity index (χ0n) is 9.49. The van der Waals surface area contributed by atoms with Gasteiger partial charge in [-0.1, -0.05) is 55.9 Å². The van der Waals surface area contributed by atoms with Crippen molar-refractivity contribution >= 4 is 17.2 Å². The second kappa shape index (κ2) is 6.57. The first-order chi connectivity index (χ1) is 7.24. The molecule has 0 spiro atoms. The van der Waals surface area contributed by atoms with E-state index in [2.05, 4.69) is 43.4 Å². The van der Waals surface area contributed by atoms with Crippen LogP contribution in [-0.4, -0.2) is 4.99 Å². The van der Waals surface area contributed by atoms with Crippen LogP contribution in [0.15, 0.2) is 30.3 Å². The van der Waals surface area contributed by atoms with Gasteiger partial charge in [-0.25, -0.2) is 0 Å².